The number of nitrogens with zero attached hydrogens (tertiary/aromatic N) is 2. The van der Waals surface area contributed by atoms with Crippen molar-refractivity contribution in [2.24, 2.45) is 41.1 Å². The van der Waals surface area contributed by atoms with Crippen molar-refractivity contribution in [3.8, 4) is 0 Å². The van der Waals surface area contributed by atoms with E-state index in [-0.39, 0.29) is 44.6 Å². The second-order valence-electron chi connectivity index (χ2n) is 26.8. The van der Waals surface area contributed by atoms with Crippen LogP contribution >= 0.6 is 0 Å². The molecule has 0 spiro atoms. The van der Waals surface area contributed by atoms with Gasteiger partial charge < -0.3 is 100.0 Å². The molecule has 33 nitrogen and oxygen atoms in total. The minimum atomic E-state index is -2.56. The summed E-state index contributed by atoms with van der Waals surface area (Å²) in [5, 5.41) is 80.7. The first kappa shape index (κ1) is 84.5. The maximum Gasteiger partial charge on any atom is 0.248 e. The molecule has 2 saturated heterocycles. The summed E-state index contributed by atoms with van der Waals surface area (Å²) in [4.78, 5) is 200. The van der Waals surface area contributed by atoms with E-state index in [2.05, 4.69) is 53.2 Å². The highest BCUT2D eigenvalue weighted by Crippen LogP contribution is 2.23. The Labute approximate surface area is 561 Å². The predicted molar refractivity (Wildman–Crippen MR) is 347 cm³/mol. The van der Waals surface area contributed by atoms with Crippen LogP contribution < -0.4 is 64.6 Å². The molecule has 0 aromatic carbocycles. The molecule has 0 bridgehead atoms. The Kier molecular flexibility index (Phi) is 34.8. The molecule has 2 fully saturated rings. The van der Waals surface area contributed by atoms with Crippen LogP contribution in [0.3, 0.4) is 0 Å². The number of nitrogens with one attached hydrogen (secondary N) is 10. The van der Waals surface area contributed by atoms with E-state index in [1.807, 2.05) is 6.92 Å². The maximum atomic E-state index is 14.7. The Morgan fingerprint density at radius 2 is 0.958 bits per heavy atom. The highest BCUT2D eigenvalue weighted by molar-refractivity contribution is 6.02. The Morgan fingerprint density at radius 3 is 1.46 bits per heavy atom. The van der Waals surface area contributed by atoms with Crippen molar-refractivity contribution in [3.63, 3.8) is 0 Å². The molecule has 0 aromatic rings. The van der Waals surface area contributed by atoms with Gasteiger partial charge in [0, 0.05) is 20.0 Å². The fraction of sp³-hybridized carbons (Fsp3) is 0.778. The summed E-state index contributed by atoms with van der Waals surface area (Å²) >= 11 is 0. The topological polar surface area (TPSA) is 519 Å². The van der Waals surface area contributed by atoms with E-state index in [4.69, 9.17) is 11.5 Å². The number of primary amides is 2. The maximum absolute atomic E-state index is 14.7. The summed E-state index contributed by atoms with van der Waals surface area (Å²) in [6, 6.07) is -20.7. The number of hydrogen-bond acceptors (Lipinski definition) is 19. The lowest BCUT2D eigenvalue weighted by Crippen LogP contribution is -2.65. The van der Waals surface area contributed by atoms with Gasteiger partial charge in [-0.15, -0.1) is 0 Å². The lowest BCUT2D eigenvalue weighted by molar-refractivity contribution is -0.148. The molecule has 19 N–H and O–H groups in total. The number of nitrogens with two attached hydrogens (primary N) is 2. The van der Waals surface area contributed by atoms with Crippen LogP contribution in [0.4, 0.5) is 0 Å². The third-order valence-electron chi connectivity index (χ3n) is 17.2. The molecule has 2 heterocycles. The molecule has 0 radical (unpaired) electrons. The van der Waals surface area contributed by atoms with Gasteiger partial charge in [0.1, 0.15) is 72.5 Å². The summed E-state index contributed by atoms with van der Waals surface area (Å²) in [7, 11) is 1.11. The van der Waals surface area contributed by atoms with Crippen molar-refractivity contribution in [1.29, 1.82) is 0 Å². The molecule has 96 heavy (non-hydrogen) atoms. The van der Waals surface area contributed by atoms with Gasteiger partial charge >= 0.3 is 0 Å². The van der Waals surface area contributed by atoms with Crippen LogP contribution in [-0.2, 0) is 67.1 Å². The molecule has 0 aromatic heterocycles. The average Bonchev–Trinajstić information content (AvgIpc) is 1.38. The van der Waals surface area contributed by atoms with Gasteiger partial charge in [-0.25, -0.2) is 0 Å². The first-order chi connectivity index (χ1) is 44.6. The first-order valence-electron chi connectivity index (χ1n) is 33.2. The molecule has 14 amide bonds. The van der Waals surface area contributed by atoms with Crippen molar-refractivity contribution < 1.29 is 92.7 Å². The monoisotopic (exact) mass is 1370 g/mol. The normalized spacial score (nSPS) is 28.1. The van der Waals surface area contributed by atoms with Crippen LogP contribution in [0.25, 0.3) is 0 Å². The van der Waals surface area contributed by atoms with E-state index >= 15 is 0 Å². The summed E-state index contributed by atoms with van der Waals surface area (Å²) in [6.07, 6.45) is -7.84. The Bertz CT molecular complexity index is 2710. The highest BCUT2D eigenvalue weighted by atomic mass is 16.3. The molecule has 0 aliphatic carbocycles. The lowest BCUT2D eigenvalue weighted by Gasteiger charge is -2.36. The summed E-state index contributed by atoms with van der Waals surface area (Å²) in [5.41, 5.74) is 11.0. The molecule has 546 valence electrons. The summed E-state index contributed by atoms with van der Waals surface area (Å²) in [6.45, 7) is 20.9. The molecule has 2 rings (SSSR count). The van der Waals surface area contributed by atoms with Gasteiger partial charge in [0.2, 0.25) is 82.7 Å². The predicted octanol–water partition coefficient (Wildman–Crippen LogP) is -4.69. The third-order valence-corrected chi connectivity index (χ3v) is 17.2. The minimum absolute atomic E-state index is 0.0168. The number of rotatable bonds is 21. The smallest absolute Gasteiger partial charge is 0.248 e. The van der Waals surface area contributed by atoms with Crippen LogP contribution in [0.15, 0.2) is 0 Å². The van der Waals surface area contributed by atoms with E-state index in [0.29, 0.717) is 12.8 Å². The van der Waals surface area contributed by atoms with E-state index in [0.717, 1.165) is 36.6 Å². The van der Waals surface area contributed by atoms with Crippen molar-refractivity contribution in [1.82, 2.24) is 63.0 Å². The number of unbranched alkanes of at least 4 members (excludes halogenated alkanes) is 3. The lowest BCUT2D eigenvalue weighted by atomic mass is 9.94. The Morgan fingerprint density at radius 1 is 0.500 bits per heavy atom. The van der Waals surface area contributed by atoms with Crippen molar-refractivity contribution in [2.45, 2.75) is 271 Å². The number of amides is 14. The molecular weight excluding hydrogens is 1260 g/mol. The van der Waals surface area contributed by atoms with Crippen molar-refractivity contribution in [2.75, 3.05) is 13.6 Å². The fourth-order valence-corrected chi connectivity index (χ4v) is 11.0. The Hall–Kier alpha value is -7.62. The number of aliphatic hydroxyl groups excluding tert-OH is 5. The van der Waals surface area contributed by atoms with Crippen LogP contribution in [0.1, 0.15) is 168 Å². The van der Waals surface area contributed by atoms with Crippen LogP contribution in [0.2, 0.25) is 0 Å². The molecule has 18 atom stereocenters. The van der Waals surface area contributed by atoms with E-state index in [1.165, 1.54) is 48.5 Å². The van der Waals surface area contributed by atoms with Crippen LogP contribution in [-0.4, -0.2) is 235 Å². The van der Waals surface area contributed by atoms with Gasteiger partial charge in [-0.05, 0) is 82.5 Å². The number of fused-ring (bicyclic) bond motifs is 1. The van der Waals surface area contributed by atoms with Gasteiger partial charge in [0.25, 0.3) is 0 Å². The zero-order chi connectivity index (χ0) is 73.5. The highest BCUT2D eigenvalue weighted by Gasteiger charge is 2.46. The zero-order valence-corrected chi connectivity index (χ0v) is 58.2. The SMILES string of the molecule is CCCCCCC1NC(=O)C(C(C)O)NC(=O)C(CC(C)C)NC(=O)C2CCCN2C(=O)C(C(C)O)NC(=O)C(C(O)C(N)=O)NC(=O)C(C(C)CC)N(C)C(=O)C(CCC(N)=O)NC(=O)C(C(O)C(C)C)NC(=O)C(C)NC(=O)C(C(O)C(C)C)NC(=O)C(C(C)C)NC1=O. The van der Waals surface area contributed by atoms with E-state index in [9.17, 15) is 92.7 Å². The molecule has 18 unspecified atom stereocenters. The third kappa shape index (κ3) is 24.8. The van der Waals surface area contributed by atoms with Gasteiger partial charge in [-0.1, -0.05) is 108 Å². The van der Waals surface area contributed by atoms with Crippen molar-refractivity contribution >= 4 is 82.7 Å². The second-order valence-corrected chi connectivity index (χ2v) is 26.8. The number of carbonyl (C=O) groups excluding carboxylic acids is 14. The van der Waals surface area contributed by atoms with Gasteiger partial charge in [-0.3, -0.25) is 67.1 Å². The largest absolute Gasteiger partial charge is 0.391 e. The molecule has 2 aliphatic rings. The first-order valence-corrected chi connectivity index (χ1v) is 33.2. The molecule has 0 saturated carbocycles. The minimum Gasteiger partial charge on any atom is -0.391 e. The van der Waals surface area contributed by atoms with Gasteiger partial charge in [-0.2, -0.15) is 0 Å². The fourth-order valence-electron chi connectivity index (χ4n) is 11.0. The summed E-state index contributed by atoms with van der Waals surface area (Å²) < 4.78 is 0. The summed E-state index contributed by atoms with van der Waals surface area (Å²) in [5.74, 6) is -19.2. The number of hydrogen-bond donors (Lipinski definition) is 17. The molecule has 33 heteroatoms. The Balaban J connectivity index is 3.01. The second kappa shape index (κ2) is 39.6. The van der Waals surface area contributed by atoms with Crippen molar-refractivity contribution in [3.05, 3.63) is 0 Å². The number of aliphatic hydroxyl groups is 5. The van der Waals surface area contributed by atoms with E-state index < -0.39 is 222 Å². The zero-order valence-electron chi connectivity index (χ0n) is 58.2. The quantitative estimate of drug-likeness (QED) is 0.0480. The average molecular weight is 1370 g/mol. The number of likely N-dealkylation sites (N-methyl/N-ethyl adjacent to an activating group) is 1. The molecular formula is C63H110N14O19. The van der Waals surface area contributed by atoms with Gasteiger partial charge in [0.05, 0.1) is 24.4 Å². The van der Waals surface area contributed by atoms with E-state index in [1.54, 1.807) is 34.6 Å². The van der Waals surface area contributed by atoms with Gasteiger partial charge in [0.15, 0.2) is 6.10 Å². The van der Waals surface area contributed by atoms with Crippen LogP contribution in [0, 0.1) is 29.6 Å². The van der Waals surface area contributed by atoms with Crippen LogP contribution in [0.5, 0.6) is 0 Å². The molecule has 2 aliphatic heterocycles. The number of carbonyl (C=O) groups is 14. The standard InChI is InChI=1S/C63H110N14O19/c1-16-18-19-20-22-36-53(86)70-41(29(5)6)56(89)74-44(48(81)30(7)8)58(91)66-33(12)52(85)73-45(49(82)31(9)10)59(92)68-37(24-25-40(64)80)62(95)76(15)47(32(11)17-2)61(94)75-46(50(83)51(65)84)60(93)72-43(35(14)79)63(96)77-26-21-23-39(77)55(88)69-38(27-28(3)4)54(87)71-42(34(13)78)57(90)67-36/h28-39,41-50,78-79,81-83H,16-27H2,1-15H3,(H2,64,80)(H2,65,84)(H,66,91)(H,67,90)(H,68,92)(H,69,88)(H,70,86)(H,71,87)(H,72,93)(H,73,85)(H,74,89)(H,75,94).